The minimum atomic E-state index is -0.301. The molecule has 0 fully saturated rings. The molecule has 1 heterocycles. The van der Waals surface area contributed by atoms with Gasteiger partial charge in [-0.25, -0.2) is 14.0 Å². The molecule has 0 saturated heterocycles. The SMILES string of the molecule is Cc1ccc(-n2c(Cl)nn(C)c2=O)cc1Cl. The van der Waals surface area contributed by atoms with Gasteiger partial charge in [0.25, 0.3) is 0 Å². The molecule has 0 atom stereocenters. The van der Waals surface area contributed by atoms with E-state index in [1.165, 1.54) is 9.25 Å². The first-order valence-corrected chi connectivity index (χ1v) is 5.34. The Bertz CT molecular complexity index is 601. The summed E-state index contributed by atoms with van der Waals surface area (Å²) in [4.78, 5) is 11.7. The molecule has 0 spiro atoms. The third-order valence-corrected chi connectivity index (χ3v) is 2.95. The molecule has 2 rings (SSSR count). The van der Waals surface area contributed by atoms with Crippen molar-refractivity contribution in [1.29, 1.82) is 0 Å². The average molecular weight is 258 g/mol. The lowest BCUT2D eigenvalue weighted by Crippen LogP contribution is -2.21. The van der Waals surface area contributed by atoms with Crippen LogP contribution in [0.15, 0.2) is 23.0 Å². The van der Waals surface area contributed by atoms with E-state index < -0.39 is 0 Å². The van der Waals surface area contributed by atoms with Crippen LogP contribution in [-0.4, -0.2) is 14.3 Å². The Hall–Kier alpha value is -1.26. The second-order valence-corrected chi connectivity index (χ2v) is 4.19. The first-order chi connectivity index (χ1) is 7.50. The van der Waals surface area contributed by atoms with E-state index in [1.54, 1.807) is 19.2 Å². The van der Waals surface area contributed by atoms with Gasteiger partial charge in [-0.2, -0.15) is 0 Å². The molecule has 1 aromatic carbocycles. The molecule has 0 bridgehead atoms. The summed E-state index contributed by atoms with van der Waals surface area (Å²) >= 11 is 11.9. The lowest BCUT2D eigenvalue weighted by molar-refractivity contribution is 0.726. The van der Waals surface area contributed by atoms with E-state index in [9.17, 15) is 4.79 Å². The fraction of sp³-hybridized carbons (Fsp3) is 0.200. The summed E-state index contributed by atoms with van der Waals surface area (Å²) in [5, 5.41) is 4.53. The zero-order chi connectivity index (χ0) is 11.9. The van der Waals surface area contributed by atoms with Gasteiger partial charge in [0.05, 0.1) is 5.69 Å². The normalized spacial score (nSPS) is 10.8. The highest BCUT2D eigenvalue weighted by Crippen LogP contribution is 2.20. The van der Waals surface area contributed by atoms with Crippen LogP contribution in [0.5, 0.6) is 0 Å². The topological polar surface area (TPSA) is 39.8 Å². The van der Waals surface area contributed by atoms with Crippen LogP contribution in [0.3, 0.4) is 0 Å². The number of aryl methyl sites for hydroxylation is 2. The smallest absolute Gasteiger partial charge is 0.246 e. The van der Waals surface area contributed by atoms with Gasteiger partial charge in [0.2, 0.25) is 5.28 Å². The highest BCUT2D eigenvalue weighted by Gasteiger charge is 2.11. The van der Waals surface area contributed by atoms with Gasteiger partial charge in [0.1, 0.15) is 0 Å². The molecule has 0 aliphatic rings. The summed E-state index contributed by atoms with van der Waals surface area (Å²) in [6.07, 6.45) is 0. The number of hydrogen-bond acceptors (Lipinski definition) is 2. The Morgan fingerprint density at radius 3 is 2.50 bits per heavy atom. The second-order valence-electron chi connectivity index (χ2n) is 3.44. The lowest BCUT2D eigenvalue weighted by Gasteiger charge is -2.03. The molecular weight excluding hydrogens is 249 g/mol. The fourth-order valence-corrected chi connectivity index (χ4v) is 1.83. The van der Waals surface area contributed by atoms with Gasteiger partial charge in [-0.15, -0.1) is 5.10 Å². The van der Waals surface area contributed by atoms with E-state index in [-0.39, 0.29) is 11.0 Å². The number of rotatable bonds is 1. The summed E-state index contributed by atoms with van der Waals surface area (Å²) in [5.41, 5.74) is 1.25. The quantitative estimate of drug-likeness (QED) is 0.786. The minimum absolute atomic E-state index is 0.118. The molecule has 0 N–H and O–H groups in total. The van der Waals surface area contributed by atoms with Crippen LogP contribution in [-0.2, 0) is 7.05 Å². The molecule has 16 heavy (non-hydrogen) atoms. The molecule has 1 aromatic heterocycles. The maximum atomic E-state index is 11.7. The van der Waals surface area contributed by atoms with Crippen molar-refractivity contribution in [3.8, 4) is 5.69 Å². The van der Waals surface area contributed by atoms with Crippen molar-refractivity contribution >= 4 is 23.2 Å². The van der Waals surface area contributed by atoms with Gasteiger partial charge < -0.3 is 0 Å². The molecule has 84 valence electrons. The molecule has 0 unspecified atom stereocenters. The molecule has 0 aliphatic carbocycles. The second kappa shape index (κ2) is 3.96. The first kappa shape index (κ1) is 11.2. The lowest BCUT2D eigenvalue weighted by atomic mass is 10.2. The van der Waals surface area contributed by atoms with Crippen LogP contribution in [0.1, 0.15) is 5.56 Å². The molecule has 2 aromatic rings. The van der Waals surface area contributed by atoms with Gasteiger partial charge >= 0.3 is 5.69 Å². The Kier molecular flexibility index (Phi) is 2.78. The summed E-state index contributed by atoms with van der Waals surface area (Å²) < 4.78 is 2.48. The van der Waals surface area contributed by atoms with Crippen molar-refractivity contribution in [2.24, 2.45) is 7.05 Å². The number of aromatic nitrogens is 3. The van der Waals surface area contributed by atoms with Crippen molar-refractivity contribution in [1.82, 2.24) is 14.3 Å². The van der Waals surface area contributed by atoms with Crippen LogP contribution in [0.25, 0.3) is 5.69 Å². The first-order valence-electron chi connectivity index (χ1n) is 4.59. The standard InChI is InChI=1S/C10H9Cl2N3O/c1-6-3-4-7(5-8(6)11)15-9(12)13-14(2)10(15)16/h3-5H,1-2H3. The van der Waals surface area contributed by atoms with Crippen LogP contribution in [0.4, 0.5) is 0 Å². The van der Waals surface area contributed by atoms with Crippen molar-refractivity contribution in [3.63, 3.8) is 0 Å². The van der Waals surface area contributed by atoms with Crippen molar-refractivity contribution in [3.05, 3.63) is 44.6 Å². The molecule has 0 aliphatic heterocycles. The van der Waals surface area contributed by atoms with Gasteiger partial charge in [0.15, 0.2) is 0 Å². The van der Waals surface area contributed by atoms with Gasteiger partial charge in [0, 0.05) is 12.1 Å². The fourth-order valence-electron chi connectivity index (χ4n) is 1.37. The third-order valence-electron chi connectivity index (χ3n) is 2.30. The zero-order valence-corrected chi connectivity index (χ0v) is 10.2. The van der Waals surface area contributed by atoms with E-state index in [0.717, 1.165) is 5.56 Å². The molecule has 4 nitrogen and oxygen atoms in total. The minimum Gasteiger partial charge on any atom is -0.246 e. The highest BCUT2D eigenvalue weighted by atomic mass is 35.5. The summed E-state index contributed by atoms with van der Waals surface area (Å²) in [6.45, 7) is 1.89. The monoisotopic (exact) mass is 257 g/mol. The number of nitrogens with zero attached hydrogens (tertiary/aromatic N) is 3. The molecule has 0 radical (unpaired) electrons. The van der Waals surface area contributed by atoms with Crippen molar-refractivity contribution in [2.45, 2.75) is 6.92 Å². The number of benzene rings is 1. The van der Waals surface area contributed by atoms with Crippen LogP contribution in [0, 0.1) is 6.92 Å². The maximum absolute atomic E-state index is 11.7. The summed E-state index contributed by atoms with van der Waals surface area (Å²) in [5.74, 6) is 0. The Morgan fingerprint density at radius 1 is 1.31 bits per heavy atom. The van der Waals surface area contributed by atoms with E-state index in [4.69, 9.17) is 23.2 Å². The Balaban J connectivity index is 2.68. The number of hydrogen-bond donors (Lipinski definition) is 0. The molecular formula is C10H9Cl2N3O. The van der Waals surface area contributed by atoms with Crippen LogP contribution >= 0.6 is 23.2 Å². The van der Waals surface area contributed by atoms with Crippen LogP contribution < -0.4 is 5.69 Å². The van der Waals surface area contributed by atoms with Crippen LogP contribution in [0.2, 0.25) is 10.3 Å². The van der Waals surface area contributed by atoms with Crippen molar-refractivity contribution < 1.29 is 0 Å². The Labute approximate surface area is 102 Å². The average Bonchev–Trinajstić information content (AvgIpc) is 2.47. The molecule has 6 heteroatoms. The maximum Gasteiger partial charge on any atom is 0.351 e. The summed E-state index contributed by atoms with van der Waals surface area (Å²) in [6, 6.07) is 5.29. The largest absolute Gasteiger partial charge is 0.351 e. The zero-order valence-electron chi connectivity index (χ0n) is 8.74. The van der Waals surface area contributed by atoms with E-state index in [1.807, 2.05) is 13.0 Å². The van der Waals surface area contributed by atoms with Gasteiger partial charge in [-0.1, -0.05) is 17.7 Å². The van der Waals surface area contributed by atoms with Crippen molar-refractivity contribution in [2.75, 3.05) is 0 Å². The van der Waals surface area contributed by atoms with Gasteiger partial charge in [-0.3, -0.25) is 0 Å². The van der Waals surface area contributed by atoms with E-state index in [2.05, 4.69) is 5.10 Å². The molecule has 0 amide bonds. The summed E-state index contributed by atoms with van der Waals surface area (Å²) in [7, 11) is 1.54. The van der Waals surface area contributed by atoms with Gasteiger partial charge in [-0.05, 0) is 36.2 Å². The highest BCUT2D eigenvalue weighted by molar-refractivity contribution is 6.31. The Morgan fingerprint density at radius 2 is 2.00 bits per heavy atom. The number of halogens is 2. The third kappa shape index (κ3) is 1.74. The predicted molar refractivity (Wildman–Crippen MR) is 63.6 cm³/mol. The molecule has 0 saturated carbocycles. The van der Waals surface area contributed by atoms with E-state index >= 15 is 0 Å². The van der Waals surface area contributed by atoms with E-state index in [0.29, 0.717) is 10.7 Å². The predicted octanol–water partition coefficient (Wildman–Crippen LogP) is 2.19.